The average molecular weight is 453 g/mol. The molecule has 0 saturated carbocycles. The Labute approximate surface area is 194 Å². The van der Waals surface area contributed by atoms with Gasteiger partial charge in [-0.15, -0.1) is 0 Å². The smallest absolute Gasteiger partial charge is 0.225 e. The van der Waals surface area contributed by atoms with Gasteiger partial charge in [0.15, 0.2) is 5.78 Å². The van der Waals surface area contributed by atoms with Gasteiger partial charge in [0, 0.05) is 42.8 Å². The highest BCUT2D eigenvalue weighted by atomic mass is 16.5. The SMILES string of the molecule is COc1cccc2[nH]c(C(=O)C[C@@H](CC(C)C)C(=O)N[C@H](C#N)C[C@@H]3CCN(C)C3=O)cc12. The number of H-pyrrole nitrogens is 1. The number of nitrogens with zero attached hydrogens (tertiary/aromatic N) is 2. The highest BCUT2D eigenvalue weighted by Crippen LogP contribution is 2.28. The van der Waals surface area contributed by atoms with Crippen LogP contribution >= 0.6 is 0 Å². The summed E-state index contributed by atoms with van der Waals surface area (Å²) in [6.45, 7) is 4.65. The maximum absolute atomic E-state index is 13.1. The maximum Gasteiger partial charge on any atom is 0.225 e. The molecule has 176 valence electrons. The quantitative estimate of drug-likeness (QED) is 0.537. The van der Waals surface area contributed by atoms with Crippen molar-refractivity contribution in [2.24, 2.45) is 17.8 Å². The number of carbonyl (C=O) groups is 3. The predicted molar refractivity (Wildman–Crippen MR) is 125 cm³/mol. The summed E-state index contributed by atoms with van der Waals surface area (Å²) in [5, 5.41) is 13.2. The molecule has 8 nitrogen and oxygen atoms in total. The summed E-state index contributed by atoms with van der Waals surface area (Å²) in [4.78, 5) is 43.1. The van der Waals surface area contributed by atoms with E-state index >= 15 is 0 Å². The van der Waals surface area contributed by atoms with Crippen molar-refractivity contribution < 1.29 is 19.1 Å². The van der Waals surface area contributed by atoms with Gasteiger partial charge in [-0.25, -0.2) is 0 Å². The molecule has 0 bridgehead atoms. The lowest BCUT2D eigenvalue weighted by Crippen LogP contribution is -2.41. The van der Waals surface area contributed by atoms with Crippen LogP contribution in [0.3, 0.4) is 0 Å². The third-order valence-electron chi connectivity index (χ3n) is 6.23. The number of aromatic amines is 1. The number of hydrogen-bond donors (Lipinski definition) is 2. The number of hydrogen-bond acceptors (Lipinski definition) is 5. The number of ether oxygens (including phenoxy) is 1. The van der Waals surface area contributed by atoms with E-state index in [2.05, 4.69) is 16.4 Å². The molecule has 0 unspecified atom stereocenters. The fraction of sp³-hybridized carbons (Fsp3) is 0.520. The van der Waals surface area contributed by atoms with Crippen molar-refractivity contribution in [1.82, 2.24) is 15.2 Å². The van der Waals surface area contributed by atoms with Crippen LogP contribution in [-0.2, 0) is 9.59 Å². The summed E-state index contributed by atoms with van der Waals surface area (Å²) in [5.41, 5.74) is 1.21. The predicted octanol–water partition coefficient (Wildman–Crippen LogP) is 3.29. The fourth-order valence-corrected chi connectivity index (χ4v) is 4.47. The first kappa shape index (κ1) is 24.3. The molecule has 1 saturated heterocycles. The molecule has 1 fully saturated rings. The molecule has 0 spiro atoms. The standard InChI is InChI=1S/C25H32N4O4/c1-15(2)10-17(24(31)27-18(14-26)11-16-8-9-29(3)25(16)32)12-22(30)21-13-19-20(28-21)6-5-7-23(19)33-4/h5-7,13,15-18,28H,8-12H2,1-4H3,(H,27,31)/t16-,17+,18-/m0/s1. The second kappa shape index (κ2) is 10.5. The number of likely N-dealkylation sites (tertiary alicyclic amines) is 1. The number of nitriles is 1. The fourth-order valence-electron chi connectivity index (χ4n) is 4.47. The average Bonchev–Trinajstić information content (AvgIpc) is 3.36. The van der Waals surface area contributed by atoms with Crippen LogP contribution in [-0.4, -0.2) is 54.2 Å². The topological polar surface area (TPSA) is 115 Å². The molecule has 0 aliphatic carbocycles. The lowest BCUT2D eigenvalue weighted by Gasteiger charge is -2.21. The van der Waals surface area contributed by atoms with E-state index in [0.29, 0.717) is 30.8 Å². The van der Waals surface area contributed by atoms with Crippen molar-refractivity contribution in [3.8, 4) is 11.8 Å². The van der Waals surface area contributed by atoms with Gasteiger partial charge >= 0.3 is 0 Å². The molecule has 3 rings (SSSR count). The molecule has 3 atom stereocenters. The number of aromatic nitrogens is 1. The highest BCUT2D eigenvalue weighted by Gasteiger charge is 2.33. The minimum Gasteiger partial charge on any atom is -0.496 e. The lowest BCUT2D eigenvalue weighted by atomic mass is 9.90. The molecule has 2 amide bonds. The number of Topliss-reactive ketones (excluding diaryl/α,β-unsaturated/α-hetero) is 1. The summed E-state index contributed by atoms with van der Waals surface area (Å²) in [6.07, 6.45) is 1.52. The van der Waals surface area contributed by atoms with E-state index < -0.39 is 12.0 Å². The number of amides is 2. The van der Waals surface area contributed by atoms with Crippen LogP contribution in [0.15, 0.2) is 24.3 Å². The molecule has 2 heterocycles. The Bertz CT molecular complexity index is 1070. The Morgan fingerprint density at radius 2 is 2.12 bits per heavy atom. The highest BCUT2D eigenvalue weighted by molar-refractivity contribution is 6.02. The lowest BCUT2D eigenvalue weighted by molar-refractivity contribution is -0.131. The first-order valence-electron chi connectivity index (χ1n) is 11.4. The minimum atomic E-state index is -0.764. The molecule has 1 aliphatic heterocycles. The number of rotatable bonds is 10. The van der Waals surface area contributed by atoms with Gasteiger partial charge in [0.1, 0.15) is 11.8 Å². The van der Waals surface area contributed by atoms with Gasteiger partial charge < -0.3 is 19.9 Å². The number of carbonyl (C=O) groups excluding carboxylic acids is 3. The molecule has 1 aliphatic rings. The van der Waals surface area contributed by atoms with Crippen LogP contribution in [0.2, 0.25) is 0 Å². The van der Waals surface area contributed by atoms with Crippen molar-refractivity contribution >= 4 is 28.5 Å². The second-order valence-corrected chi connectivity index (χ2v) is 9.23. The van der Waals surface area contributed by atoms with Gasteiger partial charge in [-0.05, 0) is 43.4 Å². The summed E-state index contributed by atoms with van der Waals surface area (Å²) in [7, 11) is 3.32. The molecule has 8 heteroatoms. The molecule has 33 heavy (non-hydrogen) atoms. The normalized spacial score (nSPS) is 17.8. The largest absolute Gasteiger partial charge is 0.496 e. The Hall–Kier alpha value is -3.34. The minimum absolute atomic E-state index is 0.00708. The van der Waals surface area contributed by atoms with Gasteiger partial charge in [-0.2, -0.15) is 5.26 Å². The van der Waals surface area contributed by atoms with E-state index in [4.69, 9.17) is 4.74 Å². The first-order chi connectivity index (χ1) is 15.7. The molecular weight excluding hydrogens is 420 g/mol. The van der Waals surface area contributed by atoms with Gasteiger partial charge in [0.2, 0.25) is 11.8 Å². The van der Waals surface area contributed by atoms with Crippen LogP contribution in [0, 0.1) is 29.1 Å². The summed E-state index contributed by atoms with van der Waals surface area (Å²) in [5.74, 6) is -0.445. The van der Waals surface area contributed by atoms with Crippen molar-refractivity contribution in [2.45, 2.75) is 45.6 Å². The number of nitrogens with one attached hydrogen (secondary N) is 2. The summed E-state index contributed by atoms with van der Waals surface area (Å²) in [6, 6.07) is 8.64. The number of fused-ring (bicyclic) bond motifs is 1. The van der Waals surface area contributed by atoms with Crippen LogP contribution in [0.1, 0.15) is 50.0 Å². The van der Waals surface area contributed by atoms with Crippen LogP contribution in [0.25, 0.3) is 10.9 Å². The number of ketones is 1. The third kappa shape index (κ3) is 5.72. The zero-order valence-electron chi connectivity index (χ0n) is 19.7. The third-order valence-corrected chi connectivity index (χ3v) is 6.23. The van der Waals surface area contributed by atoms with Gasteiger partial charge in [-0.1, -0.05) is 19.9 Å². The monoisotopic (exact) mass is 452 g/mol. The maximum atomic E-state index is 13.1. The molecule has 0 radical (unpaired) electrons. The summed E-state index contributed by atoms with van der Waals surface area (Å²) < 4.78 is 5.36. The van der Waals surface area contributed by atoms with Crippen LogP contribution in [0.5, 0.6) is 5.75 Å². The van der Waals surface area contributed by atoms with Crippen molar-refractivity contribution in [3.63, 3.8) is 0 Å². The molecule has 2 N–H and O–H groups in total. The summed E-state index contributed by atoms with van der Waals surface area (Å²) >= 11 is 0. The van der Waals surface area contributed by atoms with E-state index in [1.165, 1.54) is 0 Å². The van der Waals surface area contributed by atoms with Crippen molar-refractivity contribution in [3.05, 3.63) is 30.0 Å². The van der Waals surface area contributed by atoms with E-state index in [-0.39, 0.29) is 42.3 Å². The first-order valence-corrected chi connectivity index (χ1v) is 11.4. The molecule has 1 aromatic carbocycles. The van der Waals surface area contributed by atoms with E-state index in [0.717, 1.165) is 10.9 Å². The zero-order valence-corrected chi connectivity index (χ0v) is 19.7. The Balaban J connectivity index is 1.70. The number of methoxy groups -OCH3 is 1. The number of benzene rings is 1. The molecule has 2 aromatic rings. The molecule has 1 aromatic heterocycles. The Morgan fingerprint density at radius 1 is 1.36 bits per heavy atom. The van der Waals surface area contributed by atoms with Gasteiger partial charge in [0.05, 0.1) is 18.9 Å². The second-order valence-electron chi connectivity index (χ2n) is 9.23. The van der Waals surface area contributed by atoms with Crippen LogP contribution < -0.4 is 10.1 Å². The van der Waals surface area contributed by atoms with Gasteiger partial charge in [0.25, 0.3) is 0 Å². The van der Waals surface area contributed by atoms with E-state index in [1.807, 2.05) is 32.0 Å². The Kier molecular flexibility index (Phi) is 7.75. The molecular formula is C25H32N4O4. The van der Waals surface area contributed by atoms with Crippen molar-refractivity contribution in [2.75, 3.05) is 20.7 Å². The van der Waals surface area contributed by atoms with Crippen LogP contribution in [0.4, 0.5) is 0 Å². The van der Waals surface area contributed by atoms with E-state index in [1.54, 1.807) is 25.1 Å². The zero-order chi connectivity index (χ0) is 24.1. The van der Waals surface area contributed by atoms with Gasteiger partial charge in [-0.3, -0.25) is 14.4 Å². The van der Waals surface area contributed by atoms with E-state index in [9.17, 15) is 19.6 Å². The van der Waals surface area contributed by atoms with Crippen molar-refractivity contribution in [1.29, 1.82) is 5.26 Å². The Morgan fingerprint density at radius 3 is 2.73 bits per heavy atom.